The van der Waals surface area contributed by atoms with Crippen LogP contribution < -0.4 is 10.1 Å². The third-order valence-electron chi connectivity index (χ3n) is 3.79. The number of carbonyl (C=O) groups excluding carboxylic acids is 1. The Hall–Kier alpha value is -3.24. The monoisotopic (exact) mass is 401 g/mol. The van der Waals surface area contributed by atoms with E-state index in [-0.39, 0.29) is 6.54 Å². The molecule has 10 heteroatoms. The zero-order chi connectivity index (χ0) is 20.1. The molecule has 0 bridgehead atoms. The summed E-state index contributed by atoms with van der Waals surface area (Å²) in [6, 6.07) is 13.9. The number of nitrogens with zero attached hydrogens (tertiary/aromatic N) is 4. The normalized spacial score (nSPS) is 11.4. The van der Waals surface area contributed by atoms with Gasteiger partial charge in [-0.2, -0.15) is 4.31 Å². The second kappa shape index (κ2) is 8.19. The van der Waals surface area contributed by atoms with E-state index in [1.165, 1.54) is 7.05 Å². The molecule has 2 aromatic heterocycles. The lowest BCUT2D eigenvalue weighted by molar-refractivity contribution is -0.116. The average Bonchev–Trinajstić information content (AvgIpc) is 3.18. The predicted molar refractivity (Wildman–Crippen MR) is 104 cm³/mol. The van der Waals surface area contributed by atoms with E-state index in [4.69, 9.17) is 4.74 Å². The van der Waals surface area contributed by atoms with Gasteiger partial charge in [-0.05, 0) is 42.5 Å². The Labute approximate surface area is 162 Å². The molecule has 0 aliphatic rings. The van der Waals surface area contributed by atoms with E-state index in [0.717, 1.165) is 10.6 Å². The zero-order valence-corrected chi connectivity index (χ0v) is 16.1. The largest absolute Gasteiger partial charge is 0.438 e. The third kappa shape index (κ3) is 5.15. The number of likely N-dealkylation sites (N-methyl/N-ethyl adjacent to an activating group) is 1. The van der Waals surface area contributed by atoms with Crippen LogP contribution in [0.2, 0.25) is 0 Å². The second-order valence-corrected chi connectivity index (χ2v) is 8.10. The van der Waals surface area contributed by atoms with E-state index >= 15 is 0 Å². The molecule has 0 unspecified atom stereocenters. The number of hydrogen-bond acceptors (Lipinski definition) is 6. The Kier molecular flexibility index (Phi) is 5.71. The van der Waals surface area contributed by atoms with Crippen LogP contribution in [0.3, 0.4) is 0 Å². The molecule has 146 valence electrons. The Morgan fingerprint density at radius 2 is 1.79 bits per heavy atom. The molecule has 28 heavy (non-hydrogen) atoms. The van der Waals surface area contributed by atoms with Crippen molar-refractivity contribution in [3.63, 3.8) is 0 Å². The minimum Gasteiger partial charge on any atom is -0.438 e. The number of ether oxygens (including phenoxy) is 1. The van der Waals surface area contributed by atoms with Gasteiger partial charge in [0.1, 0.15) is 5.75 Å². The zero-order valence-electron chi connectivity index (χ0n) is 15.3. The molecule has 0 saturated carbocycles. The highest BCUT2D eigenvalue weighted by Gasteiger charge is 2.15. The number of sulfonamides is 1. The SMILES string of the molecule is CN(CC(=O)Nc1ccc(Oc2ccc(-n3cccc3)nn2)cc1)S(C)(=O)=O. The number of benzene rings is 1. The van der Waals surface area contributed by atoms with Crippen LogP contribution in [0.1, 0.15) is 0 Å². The molecule has 1 aromatic carbocycles. The van der Waals surface area contributed by atoms with Crippen molar-refractivity contribution in [1.29, 1.82) is 0 Å². The van der Waals surface area contributed by atoms with Crippen LogP contribution in [-0.2, 0) is 14.8 Å². The van der Waals surface area contributed by atoms with Crippen LogP contribution in [0.15, 0.2) is 60.9 Å². The Balaban J connectivity index is 1.58. The lowest BCUT2D eigenvalue weighted by atomic mass is 10.3. The van der Waals surface area contributed by atoms with Crippen molar-refractivity contribution in [2.45, 2.75) is 0 Å². The maximum Gasteiger partial charge on any atom is 0.239 e. The maximum absolute atomic E-state index is 11.9. The lowest BCUT2D eigenvalue weighted by Gasteiger charge is -2.13. The minimum atomic E-state index is -3.41. The molecule has 0 aliphatic heterocycles. The summed E-state index contributed by atoms with van der Waals surface area (Å²) in [6.45, 7) is -0.263. The lowest BCUT2D eigenvalue weighted by Crippen LogP contribution is -2.34. The Bertz CT molecular complexity index is 1030. The summed E-state index contributed by atoms with van der Waals surface area (Å²) in [5.74, 6) is 1.10. The Morgan fingerprint density at radius 3 is 2.36 bits per heavy atom. The molecule has 0 atom stereocenters. The van der Waals surface area contributed by atoms with Gasteiger partial charge in [0.05, 0.1) is 12.8 Å². The van der Waals surface area contributed by atoms with Crippen LogP contribution in [0, 0.1) is 0 Å². The molecule has 0 aliphatic carbocycles. The molecule has 1 N–H and O–H groups in total. The van der Waals surface area contributed by atoms with Gasteiger partial charge in [-0.25, -0.2) is 8.42 Å². The number of amides is 1. The third-order valence-corrected chi connectivity index (χ3v) is 5.05. The van der Waals surface area contributed by atoms with E-state index in [0.29, 0.717) is 23.1 Å². The topological polar surface area (TPSA) is 106 Å². The van der Waals surface area contributed by atoms with Crippen molar-refractivity contribution >= 4 is 21.6 Å². The van der Waals surface area contributed by atoms with Crippen molar-refractivity contribution in [1.82, 2.24) is 19.1 Å². The summed E-state index contributed by atoms with van der Waals surface area (Å²) in [7, 11) is -2.07. The van der Waals surface area contributed by atoms with E-state index in [1.54, 1.807) is 36.4 Å². The molecule has 9 nitrogen and oxygen atoms in total. The van der Waals surface area contributed by atoms with E-state index < -0.39 is 15.9 Å². The quantitative estimate of drug-likeness (QED) is 0.648. The van der Waals surface area contributed by atoms with Gasteiger partial charge in [0, 0.05) is 31.2 Å². The summed E-state index contributed by atoms with van der Waals surface area (Å²) < 4.78 is 31.1. The first-order valence-corrected chi connectivity index (χ1v) is 10.1. The molecule has 0 fully saturated rings. The number of nitrogens with one attached hydrogen (secondary N) is 1. The van der Waals surface area contributed by atoms with Crippen LogP contribution in [-0.4, -0.2) is 53.2 Å². The number of carbonyl (C=O) groups is 1. The molecule has 3 aromatic rings. The summed E-state index contributed by atoms with van der Waals surface area (Å²) in [6.07, 6.45) is 4.77. The molecule has 2 heterocycles. The van der Waals surface area contributed by atoms with Crippen molar-refractivity contribution < 1.29 is 17.9 Å². The molecule has 0 radical (unpaired) electrons. The fraction of sp³-hybridized carbons (Fsp3) is 0.167. The summed E-state index contributed by atoms with van der Waals surface area (Å²) >= 11 is 0. The summed E-state index contributed by atoms with van der Waals surface area (Å²) in [4.78, 5) is 11.9. The second-order valence-electron chi connectivity index (χ2n) is 6.01. The first-order chi connectivity index (χ1) is 13.3. The van der Waals surface area contributed by atoms with Crippen molar-refractivity contribution in [2.75, 3.05) is 25.2 Å². The van der Waals surface area contributed by atoms with Crippen molar-refractivity contribution in [3.05, 3.63) is 60.9 Å². The van der Waals surface area contributed by atoms with Crippen LogP contribution >= 0.6 is 0 Å². The number of aromatic nitrogens is 3. The smallest absolute Gasteiger partial charge is 0.239 e. The fourth-order valence-corrected chi connectivity index (χ4v) is 2.59. The standard InChI is InChI=1S/C18H19N5O4S/c1-22(28(2,25)26)13-17(24)19-14-5-7-15(8-6-14)27-18-10-9-16(20-21-18)23-11-3-4-12-23/h3-12H,13H2,1-2H3,(H,19,24). The maximum atomic E-state index is 11.9. The summed E-state index contributed by atoms with van der Waals surface area (Å²) in [5.41, 5.74) is 0.522. The van der Waals surface area contributed by atoms with E-state index in [2.05, 4.69) is 15.5 Å². The van der Waals surface area contributed by atoms with Crippen molar-refractivity contribution in [3.8, 4) is 17.4 Å². The number of hydrogen-bond donors (Lipinski definition) is 1. The number of rotatable bonds is 7. The van der Waals surface area contributed by atoms with Crippen LogP contribution in [0.4, 0.5) is 5.69 Å². The average molecular weight is 401 g/mol. The van der Waals surface area contributed by atoms with Gasteiger partial charge >= 0.3 is 0 Å². The van der Waals surface area contributed by atoms with Gasteiger partial charge < -0.3 is 14.6 Å². The molecule has 1 amide bonds. The molecule has 0 spiro atoms. The molecule has 0 saturated heterocycles. The first-order valence-electron chi connectivity index (χ1n) is 8.27. The number of anilines is 1. The van der Waals surface area contributed by atoms with Gasteiger partial charge in [-0.1, -0.05) is 0 Å². The fourth-order valence-electron chi connectivity index (χ4n) is 2.24. The summed E-state index contributed by atoms with van der Waals surface area (Å²) in [5, 5.41) is 10.8. The molecular weight excluding hydrogens is 382 g/mol. The molecule has 3 rings (SSSR count). The van der Waals surface area contributed by atoms with E-state index in [1.807, 2.05) is 29.1 Å². The van der Waals surface area contributed by atoms with Gasteiger partial charge in [0.15, 0.2) is 5.82 Å². The minimum absolute atomic E-state index is 0.263. The highest BCUT2D eigenvalue weighted by atomic mass is 32.2. The van der Waals surface area contributed by atoms with Gasteiger partial charge in [-0.3, -0.25) is 4.79 Å². The van der Waals surface area contributed by atoms with Crippen molar-refractivity contribution in [2.24, 2.45) is 0 Å². The predicted octanol–water partition coefficient (Wildman–Crippen LogP) is 1.89. The van der Waals surface area contributed by atoms with Gasteiger partial charge in [0.2, 0.25) is 21.8 Å². The molecular formula is C18H19N5O4S. The Morgan fingerprint density at radius 1 is 1.11 bits per heavy atom. The first kappa shape index (κ1) is 19.5. The van der Waals surface area contributed by atoms with Crippen LogP contribution in [0.25, 0.3) is 5.82 Å². The van der Waals surface area contributed by atoms with Gasteiger partial charge in [-0.15, -0.1) is 10.2 Å². The highest BCUT2D eigenvalue weighted by molar-refractivity contribution is 7.88. The van der Waals surface area contributed by atoms with Gasteiger partial charge in [0.25, 0.3) is 0 Å². The van der Waals surface area contributed by atoms with Crippen LogP contribution in [0.5, 0.6) is 11.6 Å². The highest BCUT2D eigenvalue weighted by Crippen LogP contribution is 2.21. The van der Waals surface area contributed by atoms with E-state index in [9.17, 15) is 13.2 Å².